The van der Waals surface area contributed by atoms with Crippen molar-refractivity contribution in [1.29, 1.82) is 0 Å². The molecule has 100 valence electrons. The second-order valence-electron chi connectivity index (χ2n) is 4.31. The van der Waals surface area contributed by atoms with E-state index in [0.29, 0.717) is 5.82 Å². The molecule has 0 aliphatic carbocycles. The molecule has 0 aliphatic heterocycles. The molecule has 0 saturated carbocycles. The number of nitrogens with zero attached hydrogens (tertiary/aromatic N) is 4. The third kappa shape index (κ3) is 2.31. The lowest BCUT2D eigenvalue weighted by Gasteiger charge is -2.09. The standard InChI is InChI=1S/C14H12IN5/c1-8-12(15)14(16-2)20-13(19-8)9-3-4-10-11(7-9)18-6-5-17-10/h3-7H,1-2H3,(H,16,19,20). The maximum absolute atomic E-state index is 4.55. The maximum Gasteiger partial charge on any atom is 0.161 e. The van der Waals surface area contributed by atoms with Crippen LogP contribution in [0.2, 0.25) is 0 Å². The highest BCUT2D eigenvalue weighted by molar-refractivity contribution is 14.1. The van der Waals surface area contributed by atoms with E-state index in [0.717, 1.165) is 31.7 Å². The minimum atomic E-state index is 0.694. The molecule has 0 amide bonds. The van der Waals surface area contributed by atoms with Gasteiger partial charge in [-0.2, -0.15) is 0 Å². The minimum Gasteiger partial charge on any atom is -0.372 e. The lowest BCUT2D eigenvalue weighted by atomic mass is 10.1. The van der Waals surface area contributed by atoms with Gasteiger partial charge in [-0.05, 0) is 47.7 Å². The van der Waals surface area contributed by atoms with Crippen LogP contribution in [0, 0.1) is 10.5 Å². The van der Waals surface area contributed by atoms with Gasteiger partial charge < -0.3 is 5.32 Å². The smallest absolute Gasteiger partial charge is 0.161 e. The number of benzene rings is 1. The first-order valence-electron chi connectivity index (χ1n) is 6.12. The summed E-state index contributed by atoms with van der Waals surface area (Å²) in [6, 6.07) is 5.87. The Morgan fingerprint density at radius 3 is 2.55 bits per heavy atom. The van der Waals surface area contributed by atoms with Crippen LogP contribution in [0.1, 0.15) is 5.69 Å². The van der Waals surface area contributed by atoms with Crippen molar-refractivity contribution in [3.8, 4) is 11.4 Å². The maximum atomic E-state index is 4.55. The van der Waals surface area contributed by atoms with E-state index in [2.05, 4.69) is 47.8 Å². The predicted molar refractivity (Wildman–Crippen MR) is 87.6 cm³/mol. The van der Waals surface area contributed by atoms with E-state index in [9.17, 15) is 0 Å². The largest absolute Gasteiger partial charge is 0.372 e. The minimum absolute atomic E-state index is 0.694. The molecule has 2 aromatic heterocycles. The first-order chi connectivity index (χ1) is 9.69. The molecule has 0 spiro atoms. The molecule has 0 atom stereocenters. The highest BCUT2D eigenvalue weighted by Gasteiger charge is 2.10. The zero-order chi connectivity index (χ0) is 14.1. The third-order valence-electron chi connectivity index (χ3n) is 2.98. The molecule has 0 saturated heterocycles. The van der Waals surface area contributed by atoms with Crippen molar-refractivity contribution in [2.24, 2.45) is 0 Å². The lowest BCUT2D eigenvalue weighted by molar-refractivity contribution is 1.09. The number of nitrogens with one attached hydrogen (secondary N) is 1. The van der Waals surface area contributed by atoms with Crippen molar-refractivity contribution < 1.29 is 0 Å². The second-order valence-corrected chi connectivity index (χ2v) is 5.38. The number of hydrogen-bond acceptors (Lipinski definition) is 5. The van der Waals surface area contributed by atoms with E-state index in [4.69, 9.17) is 0 Å². The third-order valence-corrected chi connectivity index (χ3v) is 4.27. The zero-order valence-electron chi connectivity index (χ0n) is 11.1. The summed E-state index contributed by atoms with van der Waals surface area (Å²) in [5.41, 5.74) is 3.61. The van der Waals surface area contributed by atoms with E-state index in [-0.39, 0.29) is 0 Å². The Hall–Kier alpha value is -1.83. The van der Waals surface area contributed by atoms with Gasteiger partial charge in [-0.25, -0.2) is 9.97 Å². The zero-order valence-corrected chi connectivity index (χ0v) is 13.2. The summed E-state index contributed by atoms with van der Waals surface area (Å²) in [4.78, 5) is 17.7. The molecule has 5 nitrogen and oxygen atoms in total. The summed E-state index contributed by atoms with van der Waals surface area (Å²) in [7, 11) is 1.86. The van der Waals surface area contributed by atoms with Gasteiger partial charge in [0.25, 0.3) is 0 Å². The number of fused-ring (bicyclic) bond motifs is 1. The molecular formula is C14H12IN5. The van der Waals surface area contributed by atoms with Gasteiger partial charge in [-0.15, -0.1) is 0 Å². The summed E-state index contributed by atoms with van der Waals surface area (Å²) in [6.45, 7) is 1.98. The normalized spacial score (nSPS) is 10.8. The van der Waals surface area contributed by atoms with Crippen molar-refractivity contribution in [2.45, 2.75) is 6.92 Å². The Morgan fingerprint density at radius 1 is 1.05 bits per heavy atom. The summed E-state index contributed by atoms with van der Waals surface area (Å²) >= 11 is 2.25. The number of rotatable bonds is 2. The molecule has 0 unspecified atom stereocenters. The van der Waals surface area contributed by atoms with Gasteiger partial charge in [0.05, 0.1) is 20.3 Å². The Labute approximate surface area is 130 Å². The summed E-state index contributed by atoms with van der Waals surface area (Å²) in [5.74, 6) is 1.53. The highest BCUT2D eigenvalue weighted by atomic mass is 127. The van der Waals surface area contributed by atoms with E-state index in [1.807, 2.05) is 32.2 Å². The summed E-state index contributed by atoms with van der Waals surface area (Å²) < 4.78 is 1.04. The Bertz CT molecular complexity index is 788. The van der Waals surface area contributed by atoms with E-state index in [1.54, 1.807) is 12.4 Å². The lowest BCUT2D eigenvalue weighted by Crippen LogP contribution is -2.02. The number of aromatic nitrogens is 4. The molecule has 3 aromatic rings. The van der Waals surface area contributed by atoms with Crippen molar-refractivity contribution in [2.75, 3.05) is 12.4 Å². The molecule has 0 fully saturated rings. The van der Waals surface area contributed by atoms with Crippen LogP contribution in [0.5, 0.6) is 0 Å². The first-order valence-corrected chi connectivity index (χ1v) is 7.20. The van der Waals surface area contributed by atoms with Gasteiger partial charge in [0.15, 0.2) is 5.82 Å². The molecule has 0 aliphatic rings. The Morgan fingerprint density at radius 2 is 1.80 bits per heavy atom. The van der Waals surface area contributed by atoms with Crippen LogP contribution >= 0.6 is 22.6 Å². The second kappa shape index (κ2) is 5.28. The molecule has 0 bridgehead atoms. The van der Waals surface area contributed by atoms with Gasteiger partial charge >= 0.3 is 0 Å². The molecule has 0 radical (unpaired) electrons. The fourth-order valence-electron chi connectivity index (χ4n) is 1.96. The van der Waals surface area contributed by atoms with Crippen molar-refractivity contribution in [3.63, 3.8) is 0 Å². The van der Waals surface area contributed by atoms with E-state index in [1.165, 1.54) is 0 Å². The average molecular weight is 377 g/mol. The fraction of sp³-hybridized carbons (Fsp3) is 0.143. The van der Waals surface area contributed by atoms with Gasteiger partial charge in [0.1, 0.15) is 5.82 Å². The first kappa shape index (κ1) is 13.2. The van der Waals surface area contributed by atoms with Gasteiger partial charge in [-0.1, -0.05) is 0 Å². The number of aryl methyl sites for hydroxylation is 1. The van der Waals surface area contributed by atoms with Crippen LogP contribution in [-0.2, 0) is 0 Å². The average Bonchev–Trinajstić information content (AvgIpc) is 2.49. The highest BCUT2D eigenvalue weighted by Crippen LogP contribution is 2.24. The van der Waals surface area contributed by atoms with Crippen LogP contribution in [0.3, 0.4) is 0 Å². The Balaban J connectivity index is 2.17. The molecule has 1 N–H and O–H groups in total. The van der Waals surface area contributed by atoms with E-state index >= 15 is 0 Å². The van der Waals surface area contributed by atoms with Gasteiger partial charge in [-0.3, -0.25) is 9.97 Å². The topological polar surface area (TPSA) is 63.6 Å². The fourth-order valence-corrected chi connectivity index (χ4v) is 2.47. The number of anilines is 1. The quantitative estimate of drug-likeness (QED) is 0.696. The molecule has 6 heteroatoms. The van der Waals surface area contributed by atoms with Crippen molar-refractivity contribution in [3.05, 3.63) is 39.9 Å². The SMILES string of the molecule is CNc1nc(-c2ccc3nccnc3c2)nc(C)c1I. The van der Waals surface area contributed by atoms with Gasteiger partial charge in [0.2, 0.25) is 0 Å². The molecule has 3 rings (SSSR count). The van der Waals surface area contributed by atoms with Crippen molar-refractivity contribution in [1.82, 2.24) is 19.9 Å². The molecule has 20 heavy (non-hydrogen) atoms. The molecule has 2 heterocycles. The number of halogens is 1. The van der Waals surface area contributed by atoms with Gasteiger partial charge in [0, 0.05) is 25.0 Å². The number of hydrogen-bond donors (Lipinski definition) is 1. The summed E-state index contributed by atoms with van der Waals surface area (Å²) in [6.07, 6.45) is 3.37. The molecular weight excluding hydrogens is 365 g/mol. The van der Waals surface area contributed by atoms with Crippen molar-refractivity contribution >= 4 is 39.4 Å². The summed E-state index contributed by atoms with van der Waals surface area (Å²) in [5, 5.41) is 3.10. The van der Waals surface area contributed by atoms with Crippen LogP contribution in [-0.4, -0.2) is 27.0 Å². The van der Waals surface area contributed by atoms with E-state index < -0.39 is 0 Å². The predicted octanol–water partition coefficient (Wildman–Crippen LogP) is 3.04. The monoisotopic (exact) mass is 377 g/mol. The van der Waals surface area contributed by atoms with Crippen LogP contribution in [0.4, 0.5) is 5.82 Å². The van der Waals surface area contributed by atoms with Crippen LogP contribution in [0.15, 0.2) is 30.6 Å². The van der Waals surface area contributed by atoms with Crippen LogP contribution in [0.25, 0.3) is 22.4 Å². The Kier molecular flexibility index (Phi) is 3.47. The molecule has 1 aromatic carbocycles. The van der Waals surface area contributed by atoms with Crippen LogP contribution < -0.4 is 5.32 Å².